The Hall–Kier alpha value is -3.72. The Morgan fingerprint density at radius 2 is 1.94 bits per heavy atom. The second-order valence-electron chi connectivity index (χ2n) is 7.55. The van der Waals surface area contributed by atoms with Gasteiger partial charge in [0.15, 0.2) is 10.8 Å². The van der Waals surface area contributed by atoms with Crippen LogP contribution in [-0.4, -0.2) is 38.2 Å². The first-order valence-electron chi connectivity index (χ1n) is 9.59. The van der Waals surface area contributed by atoms with E-state index < -0.39 is 11.3 Å². The van der Waals surface area contributed by atoms with Crippen LogP contribution in [-0.2, 0) is 16.0 Å². The average molecular weight is 432 g/mol. The highest BCUT2D eigenvalue weighted by Crippen LogP contribution is 2.29. The molecule has 4 aromatic rings. The molecule has 0 spiro atoms. The molecule has 154 valence electrons. The Bertz CT molecular complexity index is 1340. The van der Waals surface area contributed by atoms with Crippen LogP contribution in [0.1, 0.15) is 34.9 Å². The van der Waals surface area contributed by atoms with E-state index in [0.717, 1.165) is 15.8 Å². The minimum atomic E-state index is -1.10. The van der Waals surface area contributed by atoms with Crippen molar-refractivity contribution in [1.29, 1.82) is 0 Å². The quantitative estimate of drug-likeness (QED) is 0.381. The zero-order chi connectivity index (χ0) is 21.6. The summed E-state index contributed by atoms with van der Waals surface area (Å²) in [4.78, 5) is 40.8. The van der Waals surface area contributed by atoms with Crippen molar-refractivity contribution in [3.63, 3.8) is 0 Å². The molecule has 2 aromatic carbocycles. The van der Waals surface area contributed by atoms with E-state index >= 15 is 0 Å². The first kappa shape index (κ1) is 19.3. The van der Waals surface area contributed by atoms with E-state index in [9.17, 15) is 14.4 Å². The van der Waals surface area contributed by atoms with Crippen molar-refractivity contribution in [3.05, 3.63) is 65.3 Å². The van der Waals surface area contributed by atoms with Gasteiger partial charge in [0.1, 0.15) is 5.54 Å². The topological polar surface area (TPSA) is 115 Å². The molecular weight excluding hydrogens is 416 g/mol. The number of hydrogen-bond acceptors (Lipinski definition) is 8. The number of carbonyl (C=O) groups is 3. The third kappa shape index (κ3) is 3.53. The summed E-state index contributed by atoms with van der Waals surface area (Å²) in [7, 11) is 0. The molecule has 0 aliphatic carbocycles. The molecule has 9 heteroatoms. The molecule has 1 atom stereocenters. The van der Waals surface area contributed by atoms with Crippen LogP contribution in [0.2, 0.25) is 0 Å². The number of thiazole rings is 1. The number of nitrogens with zero attached hydrogens (tertiary/aromatic N) is 3. The number of ketones is 2. The molecule has 1 fully saturated rings. The summed E-state index contributed by atoms with van der Waals surface area (Å²) in [5, 5.41) is 10.6. The molecular formula is C22H16N4O4S. The molecule has 5 rings (SSSR count). The first-order valence-corrected chi connectivity index (χ1v) is 10.4. The van der Waals surface area contributed by atoms with Crippen molar-refractivity contribution >= 4 is 39.0 Å². The summed E-state index contributed by atoms with van der Waals surface area (Å²) in [6, 6.07) is 15.8. The number of Topliss-reactive ketones (excluding diaryl/α,β-unsaturated/α-hetero) is 1. The van der Waals surface area contributed by atoms with Crippen LogP contribution >= 0.6 is 11.3 Å². The number of nitrogens with one attached hydrogen (secondary N) is 1. The van der Waals surface area contributed by atoms with Crippen LogP contribution in [0.3, 0.4) is 0 Å². The minimum absolute atomic E-state index is 0.0259. The predicted octanol–water partition coefficient (Wildman–Crippen LogP) is 2.97. The lowest BCUT2D eigenvalue weighted by Crippen LogP contribution is -2.45. The van der Waals surface area contributed by atoms with E-state index in [1.807, 2.05) is 48.5 Å². The van der Waals surface area contributed by atoms with Crippen LogP contribution in [0.5, 0.6) is 0 Å². The monoisotopic (exact) mass is 432 g/mol. The molecule has 31 heavy (non-hydrogen) atoms. The Morgan fingerprint density at radius 3 is 2.68 bits per heavy atom. The smallest absolute Gasteiger partial charge is 0.291 e. The highest BCUT2D eigenvalue weighted by molar-refractivity contribution is 7.20. The van der Waals surface area contributed by atoms with Gasteiger partial charge >= 0.3 is 0 Å². The summed E-state index contributed by atoms with van der Waals surface area (Å²) in [5.74, 6) is -1.16. The van der Waals surface area contributed by atoms with Gasteiger partial charge in [-0.05, 0) is 30.2 Å². The number of aromatic nitrogens is 3. The number of fused-ring (bicyclic) bond motifs is 1. The normalized spacial score (nSPS) is 18.5. The van der Waals surface area contributed by atoms with Crippen molar-refractivity contribution in [2.75, 3.05) is 0 Å². The van der Waals surface area contributed by atoms with E-state index in [-0.39, 0.29) is 41.3 Å². The molecule has 2 aromatic heterocycles. The minimum Gasteiger partial charge on any atom is -0.418 e. The Balaban J connectivity index is 1.39. The number of hydrogen-bond donors (Lipinski definition) is 1. The Morgan fingerprint density at radius 1 is 1.13 bits per heavy atom. The van der Waals surface area contributed by atoms with Gasteiger partial charge in [0.25, 0.3) is 11.7 Å². The highest BCUT2D eigenvalue weighted by Gasteiger charge is 2.43. The van der Waals surface area contributed by atoms with Crippen LogP contribution in [0.4, 0.5) is 0 Å². The summed E-state index contributed by atoms with van der Waals surface area (Å²) in [6.45, 7) is 1.60. The van der Waals surface area contributed by atoms with Gasteiger partial charge in [-0.1, -0.05) is 36.4 Å². The molecule has 1 aliphatic heterocycles. The second kappa shape index (κ2) is 7.21. The van der Waals surface area contributed by atoms with Crippen LogP contribution in [0.15, 0.2) is 52.9 Å². The van der Waals surface area contributed by atoms with Gasteiger partial charge in [-0.3, -0.25) is 14.4 Å². The Kier molecular flexibility index (Phi) is 4.48. The van der Waals surface area contributed by atoms with Gasteiger partial charge in [0.2, 0.25) is 11.8 Å². The molecule has 8 nitrogen and oxygen atoms in total. The molecule has 0 bridgehead atoms. The molecule has 1 amide bonds. The van der Waals surface area contributed by atoms with E-state index in [2.05, 4.69) is 20.5 Å². The van der Waals surface area contributed by atoms with Crippen LogP contribution < -0.4 is 5.32 Å². The summed E-state index contributed by atoms with van der Waals surface area (Å²) in [5.41, 5.74) is 1.72. The van der Waals surface area contributed by atoms with Crippen molar-refractivity contribution in [1.82, 2.24) is 20.5 Å². The maximum atomic E-state index is 12.8. The SMILES string of the molecule is CC1(Cc2nnc(C(=O)c3nc4ccc(-c5ccccc5)cc4s3)o2)NC(=O)CC1=O. The summed E-state index contributed by atoms with van der Waals surface area (Å²) in [6.07, 6.45) is -0.148. The predicted molar refractivity (Wildman–Crippen MR) is 113 cm³/mol. The highest BCUT2D eigenvalue weighted by atomic mass is 32.1. The molecule has 1 unspecified atom stereocenters. The van der Waals surface area contributed by atoms with Crippen molar-refractivity contribution < 1.29 is 18.8 Å². The number of rotatable bonds is 5. The largest absolute Gasteiger partial charge is 0.418 e. The fraction of sp³-hybridized carbons (Fsp3) is 0.182. The van der Waals surface area contributed by atoms with Gasteiger partial charge in [-0.25, -0.2) is 4.98 Å². The van der Waals surface area contributed by atoms with E-state index in [0.29, 0.717) is 5.52 Å². The zero-order valence-electron chi connectivity index (χ0n) is 16.4. The van der Waals surface area contributed by atoms with E-state index in [4.69, 9.17) is 4.42 Å². The Labute approximate surface area is 180 Å². The van der Waals surface area contributed by atoms with Gasteiger partial charge in [-0.15, -0.1) is 21.5 Å². The van der Waals surface area contributed by atoms with Crippen LogP contribution in [0.25, 0.3) is 21.3 Å². The number of benzene rings is 2. The van der Waals surface area contributed by atoms with Gasteiger partial charge in [0, 0.05) is 0 Å². The lowest BCUT2D eigenvalue weighted by atomic mass is 9.95. The standard InChI is InChI=1S/C22H16N4O4S/c1-22(16(27)10-17(28)24-22)11-18-25-26-20(30-18)19(29)21-23-14-8-7-13(9-15(14)31-21)12-5-3-2-4-6-12/h2-9H,10-11H2,1H3,(H,24,28). The lowest BCUT2D eigenvalue weighted by molar-refractivity contribution is -0.123. The third-order valence-electron chi connectivity index (χ3n) is 5.21. The molecule has 0 radical (unpaired) electrons. The molecule has 1 aliphatic rings. The first-order chi connectivity index (χ1) is 14.9. The van der Waals surface area contributed by atoms with Crippen molar-refractivity contribution in [2.24, 2.45) is 0 Å². The maximum absolute atomic E-state index is 12.8. The zero-order valence-corrected chi connectivity index (χ0v) is 17.2. The van der Waals surface area contributed by atoms with Crippen molar-refractivity contribution in [2.45, 2.75) is 25.3 Å². The lowest BCUT2D eigenvalue weighted by Gasteiger charge is -2.19. The van der Waals surface area contributed by atoms with E-state index in [1.165, 1.54) is 11.3 Å². The summed E-state index contributed by atoms with van der Waals surface area (Å²) >= 11 is 1.25. The van der Waals surface area contributed by atoms with Gasteiger partial charge < -0.3 is 9.73 Å². The van der Waals surface area contributed by atoms with Gasteiger partial charge in [-0.2, -0.15) is 0 Å². The average Bonchev–Trinajstić information content (AvgIpc) is 3.45. The fourth-order valence-electron chi connectivity index (χ4n) is 3.55. The molecule has 3 heterocycles. The number of amides is 1. The van der Waals surface area contributed by atoms with Crippen molar-refractivity contribution in [3.8, 4) is 11.1 Å². The number of carbonyl (C=O) groups excluding carboxylic acids is 3. The summed E-state index contributed by atoms with van der Waals surface area (Å²) < 4.78 is 6.36. The second-order valence-corrected chi connectivity index (χ2v) is 8.59. The third-order valence-corrected chi connectivity index (χ3v) is 6.22. The van der Waals surface area contributed by atoms with Crippen LogP contribution in [0, 0.1) is 0 Å². The molecule has 1 saturated heterocycles. The molecule has 1 N–H and O–H groups in total. The molecule has 0 saturated carbocycles. The fourth-order valence-corrected chi connectivity index (χ4v) is 4.48. The van der Waals surface area contributed by atoms with Gasteiger partial charge in [0.05, 0.1) is 23.1 Å². The maximum Gasteiger partial charge on any atom is 0.291 e. The van der Waals surface area contributed by atoms with E-state index in [1.54, 1.807) is 6.92 Å².